The van der Waals surface area contributed by atoms with Crippen molar-refractivity contribution >= 4 is 29.3 Å². The Morgan fingerprint density at radius 2 is 1.80 bits per heavy atom. The molecule has 0 aromatic heterocycles. The fourth-order valence-corrected chi connectivity index (χ4v) is 7.81. The zero-order chi connectivity index (χ0) is 42.8. The first-order valence-corrected chi connectivity index (χ1v) is 18.9. The first kappa shape index (κ1) is 42.8. The van der Waals surface area contributed by atoms with Crippen molar-refractivity contribution in [1.82, 2.24) is 15.5 Å². The number of aliphatic imine (C=N–C) groups is 1. The fourth-order valence-electron chi connectivity index (χ4n) is 7.81. The normalized spacial score (nSPS) is 24.6. The number of amides is 2. The van der Waals surface area contributed by atoms with Crippen molar-refractivity contribution in [3.8, 4) is 17.2 Å². The molecule has 0 radical (unpaired) electrons. The van der Waals surface area contributed by atoms with E-state index >= 15 is 0 Å². The van der Waals surface area contributed by atoms with Gasteiger partial charge < -0.3 is 67.0 Å². The number of guanidine groups is 1. The van der Waals surface area contributed by atoms with E-state index in [4.69, 9.17) is 25.7 Å². The maximum absolute atomic E-state index is 14.5. The van der Waals surface area contributed by atoms with Crippen LogP contribution in [0.15, 0.2) is 58.9 Å². The summed E-state index contributed by atoms with van der Waals surface area (Å²) in [6.45, 7) is -1.05. The number of fused-ring (bicyclic) bond motifs is 2. The number of carbonyl (C=O) groups excluding carboxylic acids is 4. The molecular weight excluding hydrogens is 772 g/mol. The third-order valence-electron chi connectivity index (χ3n) is 11.0. The Bertz CT molecular complexity index is 2130. The number of nitrogens with one attached hydrogen (secondary N) is 2. The van der Waals surface area contributed by atoms with Gasteiger partial charge >= 0.3 is 0 Å². The molecule has 1 fully saturated rings. The monoisotopic (exact) mass is 820 g/mol. The van der Waals surface area contributed by atoms with Gasteiger partial charge in [0.05, 0.1) is 30.7 Å². The molecule has 19 nitrogen and oxygen atoms in total. The van der Waals surface area contributed by atoms with Gasteiger partial charge in [0, 0.05) is 74.1 Å². The van der Waals surface area contributed by atoms with Crippen LogP contribution < -0.4 is 31.6 Å². The molecular formula is C40H48N6O13. The number of dihydropyridines is 1. The van der Waals surface area contributed by atoms with Gasteiger partial charge in [0.15, 0.2) is 11.7 Å². The molecule has 0 saturated carbocycles. The molecule has 2 amide bonds. The summed E-state index contributed by atoms with van der Waals surface area (Å²) in [5.41, 5.74) is 9.77. The van der Waals surface area contributed by atoms with Gasteiger partial charge in [-0.05, 0) is 55.0 Å². The van der Waals surface area contributed by atoms with Crippen molar-refractivity contribution < 1.29 is 64.0 Å². The second kappa shape index (κ2) is 17.6. The highest BCUT2D eigenvalue weighted by atomic mass is 16.7. The molecule has 2 aromatic rings. The minimum atomic E-state index is -2.43. The first-order valence-electron chi connectivity index (χ1n) is 18.9. The molecule has 316 valence electrons. The van der Waals surface area contributed by atoms with Crippen molar-refractivity contribution in [2.45, 2.75) is 62.4 Å². The summed E-state index contributed by atoms with van der Waals surface area (Å²) in [6.07, 6.45) is -1.44. The lowest BCUT2D eigenvalue weighted by molar-refractivity contribution is -0.316. The van der Waals surface area contributed by atoms with Crippen molar-refractivity contribution in [3.63, 3.8) is 0 Å². The topological polar surface area (TPSA) is 309 Å². The third kappa shape index (κ3) is 8.25. The van der Waals surface area contributed by atoms with Crippen molar-refractivity contribution in [1.29, 1.82) is 0 Å². The van der Waals surface area contributed by atoms with Crippen LogP contribution in [0.25, 0.3) is 0 Å². The standard InChI is InChI=1S/C40H48N6O13/c1-43-39(42)45-16-25-20(5-3-4-10-47)11-23-32(34(25)52)35(53)31-24(33(23)51)13-22(57-2)14-26(31)58-38-36(54)37(55)40(56,27(18-48)59-38)15-21(19-8-9-44-28(41)12-19)17-46-29(49)6-7-30(46)50/h6-8,11-14,21,27,36-38,44,47-48,52,54-56H,3-5,9-10,15-18,41H2,1-2H3,(H3,42,43,45)/t21-,27-,36-,37-,38-,40-/m1/s1. The molecule has 0 bridgehead atoms. The molecule has 4 aliphatic rings. The van der Waals surface area contributed by atoms with Crippen LogP contribution in [-0.4, -0.2) is 136 Å². The summed E-state index contributed by atoms with van der Waals surface area (Å²) >= 11 is 0. The molecule has 6 atom stereocenters. The Labute approximate surface area is 338 Å². The Hall–Kier alpha value is -5.83. The highest BCUT2D eigenvalue weighted by Crippen LogP contribution is 2.44. The number of phenols is 1. The molecule has 3 heterocycles. The molecule has 6 rings (SSSR count). The number of aliphatic hydroxyl groups is 5. The van der Waals surface area contributed by atoms with Crippen LogP contribution in [0.5, 0.6) is 17.2 Å². The number of unbranched alkanes of at least 4 members (excludes halogenated alkanes) is 1. The van der Waals surface area contributed by atoms with E-state index < -0.39 is 78.3 Å². The minimum Gasteiger partial charge on any atom is -0.507 e. The van der Waals surface area contributed by atoms with E-state index in [0.717, 1.165) is 17.1 Å². The van der Waals surface area contributed by atoms with Gasteiger partial charge in [0.2, 0.25) is 12.1 Å². The van der Waals surface area contributed by atoms with Crippen LogP contribution in [0.2, 0.25) is 0 Å². The molecule has 3 aliphatic heterocycles. The van der Waals surface area contributed by atoms with Crippen LogP contribution in [0, 0.1) is 5.92 Å². The molecule has 12 N–H and O–H groups in total. The average molecular weight is 821 g/mol. The second-order valence-electron chi connectivity index (χ2n) is 14.6. The first-order chi connectivity index (χ1) is 28.2. The van der Waals surface area contributed by atoms with E-state index in [1.165, 1.54) is 38.4 Å². The maximum Gasteiger partial charge on any atom is 0.253 e. The summed E-state index contributed by atoms with van der Waals surface area (Å²) in [7, 11) is 2.76. The molecule has 0 unspecified atom stereocenters. The molecule has 19 heteroatoms. The van der Waals surface area contributed by atoms with Gasteiger partial charge in [-0.2, -0.15) is 0 Å². The van der Waals surface area contributed by atoms with Crippen LogP contribution in [-0.2, 0) is 27.3 Å². The Morgan fingerprint density at radius 3 is 2.44 bits per heavy atom. The summed E-state index contributed by atoms with van der Waals surface area (Å²) < 4.78 is 17.4. The number of methoxy groups -OCH3 is 1. The lowest BCUT2D eigenvalue weighted by Gasteiger charge is -2.49. The Morgan fingerprint density at radius 1 is 1.08 bits per heavy atom. The molecule has 0 spiro atoms. The zero-order valence-corrected chi connectivity index (χ0v) is 32.4. The Kier molecular flexibility index (Phi) is 12.7. The predicted molar refractivity (Wildman–Crippen MR) is 208 cm³/mol. The highest BCUT2D eigenvalue weighted by molar-refractivity contribution is 6.30. The quantitative estimate of drug-likeness (QED) is 0.0355. The maximum atomic E-state index is 14.5. The number of hydrogen-bond acceptors (Lipinski definition) is 16. The average Bonchev–Trinajstić information content (AvgIpc) is 3.54. The lowest BCUT2D eigenvalue weighted by atomic mass is 9.75. The van der Waals surface area contributed by atoms with E-state index in [1.807, 2.05) is 0 Å². The predicted octanol–water partition coefficient (Wildman–Crippen LogP) is -1.66. The van der Waals surface area contributed by atoms with Crippen molar-refractivity contribution in [2.24, 2.45) is 22.4 Å². The van der Waals surface area contributed by atoms with Gasteiger partial charge in [-0.3, -0.25) is 29.1 Å². The number of allylic oxidation sites excluding steroid dienone is 1. The molecule has 2 aromatic carbocycles. The highest BCUT2D eigenvalue weighted by Gasteiger charge is 2.57. The number of benzene rings is 2. The van der Waals surface area contributed by atoms with E-state index in [0.29, 0.717) is 30.4 Å². The second-order valence-corrected chi connectivity index (χ2v) is 14.6. The summed E-state index contributed by atoms with van der Waals surface area (Å²) in [5, 5.41) is 72.6. The van der Waals surface area contributed by atoms with E-state index in [1.54, 1.807) is 6.08 Å². The van der Waals surface area contributed by atoms with Gasteiger partial charge in [0.1, 0.15) is 41.2 Å². The SMILES string of the molecule is CN=C(N)NCc1c(CCCCO)cc2c(c1O)C(=O)c1c(O[C@@H]3O[C@H](CO)[C@](O)(C[C@H](CN4C(=O)C=CC4=O)C4=CCNC(N)=C4)[C@H](O)[C@H]3O)cc(OC)cc1C2=O. The van der Waals surface area contributed by atoms with Gasteiger partial charge in [-0.1, -0.05) is 6.08 Å². The number of nitrogens with two attached hydrogens (primary N) is 2. The number of ether oxygens (including phenoxy) is 3. The molecule has 1 aliphatic carbocycles. The zero-order valence-electron chi connectivity index (χ0n) is 32.4. The van der Waals surface area contributed by atoms with Crippen LogP contribution in [0.1, 0.15) is 62.2 Å². The summed E-state index contributed by atoms with van der Waals surface area (Å²) in [6, 6.07) is 4.06. The van der Waals surface area contributed by atoms with Crippen LogP contribution >= 0.6 is 0 Å². The third-order valence-corrected chi connectivity index (χ3v) is 11.0. The molecule has 1 saturated heterocycles. The van der Waals surface area contributed by atoms with Crippen molar-refractivity contribution in [3.05, 3.63) is 87.3 Å². The Balaban J connectivity index is 1.34. The van der Waals surface area contributed by atoms with Gasteiger partial charge in [-0.15, -0.1) is 0 Å². The number of hydrogen-bond donors (Lipinski definition) is 10. The number of carbonyl (C=O) groups is 4. The van der Waals surface area contributed by atoms with Gasteiger partial charge in [-0.25, -0.2) is 0 Å². The van der Waals surface area contributed by atoms with Crippen LogP contribution in [0.4, 0.5) is 0 Å². The number of phenolic OH excluding ortho intramolecular Hbond substituents is 1. The lowest BCUT2D eigenvalue weighted by Crippen LogP contribution is -2.68. The molecule has 59 heavy (non-hydrogen) atoms. The number of nitrogens with zero attached hydrogens (tertiary/aromatic N) is 2. The van der Waals surface area contributed by atoms with E-state index in [-0.39, 0.29) is 77.3 Å². The number of aromatic hydroxyl groups is 1. The van der Waals surface area contributed by atoms with Crippen molar-refractivity contribution in [2.75, 3.05) is 40.5 Å². The number of rotatable bonds is 15. The van der Waals surface area contributed by atoms with Crippen LogP contribution in [0.3, 0.4) is 0 Å². The van der Waals surface area contributed by atoms with E-state index in [9.17, 15) is 49.8 Å². The smallest absolute Gasteiger partial charge is 0.253 e. The summed E-state index contributed by atoms with van der Waals surface area (Å²) in [4.78, 5) is 58.6. The number of ketones is 2. The number of imide groups is 1. The minimum absolute atomic E-state index is 0.0507. The summed E-state index contributed by atoms with van der Waals surface area (Å²) in [5.74, 6) is -4.07. The van der Waals surface area contributed by atoms with E-state index in [2.05, 4.69) is 15.6 Å². The van der Waals surface area contributed by atoms with Gasteiger partial charge in [0.25, 0.3) is 11.8 Å². The fraction of sp³-hybridized carbons (Fsp3) is 0.425. The largest absolute Gasteiger partial charge is 0.507 e. The number of aliphatic hydroxyl groups excluding tert-OH is 4. The number of aryl methyl sites for hydroxylation is 1.